The summed E-state index contributed by atoms with van der Waals surface area (Å²) < 4.78 is 27.4. The molecule has 0 aliphatic heterocycles. The van der Waals surface area contributed by atoms with Crippen molar-refractivity contribution in [2.45, 2.75) is 6.92 Å². The van der Waals surface area contributed by atoms with E-state index in [0.717, 1.165) is 17.4 Å². The summed E-state index contributed by atoms with van der Waals surface area (Å²) in [5.74, 6) is 3.29. The third-order valence-electron chi connectivity index (χ3n) is 2.67. The topological polar surface area (TPSA) is 55.1 Å². The average molecular weight is 306 g/mol. The van der Waals surface area contributed by atoms with E-state index >= 15 is 0 Å². The Morgan fingerprint density at radius 3 is 2.81 bits per heavy atom. The summed E-state index contributed by atoms with van der Waals surface area (Å²) in [6, 6.07) is 5.63. The molecule has 0 fully saturated rings. The number of halogens is 2. The van der Waals surface area contributed by atoms with Crippen LogP contribution in [0.4, 0.5) is 14.5 Å². The number of aryl methyl sites for hydroxylation is 1. The third-order valence-corrected chi connectivity index (χ3v) is 3.67. The minimum absolute atomic E-state index is 0.221. The van der Waals surface area contributed by atoms with Crippen molar-refractivity contribution in [1.29, 1.82) is 0 Å². The van der Waals surface area contributed by atoms with E-state index in [-0.39, 0.29) is 12.1 Å². The van der Waals surface area contributed by atoms with Gasteiger partial charge in [-0.05, 0) is 30.7 Å². The summed E-state index contributed by atoms with van der Waals surface area (Å²) in [4.78, 5) is 13.0. The summed E-state index contributed by atoms with van der Waals surface area (Å²) in [5.41, 5.74) is 5.08. The molecule has 3 nitrogen and oxygen atoms in total. The van der Waals surface area contributed by atoms with Crippen molar-refractivity contribution in [3.8, 4) is 11.8 Å². The Morgan fingerprint density at radius 1 is 1.33 bits per heavy atom. The fourth-order valence-electron chi connectivity index (χ4n) is 1.61. The van der Waals surface area contributed by atoms with Crippen LogP contribution in [0.2, 0.25) is 0 Å². The number of benzene rings is 1. The van der Waals surface area contributed by atoms with Crippen molar-refractivity contribution in [3.63, 3.8) is 0 Å². The van der Waals surface area contributed by atoms with Gasteiger partial charge in [0.25, 0.3) is 5.91 Å². The summed E-state index contributed by atoms with van der Waals surface area (Å²) >= 11 is 1.13. The van der Waals surface area contributed by atoms with Crippen LogP contribution in [0.3, 0.4) is 0 Å². The molecule has 108 valence electrons. The van der Waals surface area contributed by atoms with E-state index in [4.69, 9.17) is 5.73 Å². The van der Waals surface area contributed by atoms with E-state index < -0.39 is 23.2 Å². The minimum atomic E-state index is -0.814. The molecule has 2 aromatic rings. The maximum absolute atomic E-state index is 13.8. The summed E-state index contributed by atoms with van der Waals surface area (Å²) in [5, 5.41) is 2.25. The van der Waals surface area contributed by atoms with Crippen molar-refractivity contribution in [3.05, 3.63) is 51.2 Å². The lowest BCUT2D eigenvalue weighted by Gasteiger charge is -2.08. The molecule has 6 heteroatoms. The Balaban J connectivity index is 2.22. The van der Waals surface area contributed by atoms with E-state index in [2.05, 4.69) is 17.2 Å². The van der Waals surface area contributed by atoms with Crippen LogP contribution in [0.1, 0.15) is 20.1 Å². The number of thiophene rings is 1. The summed E-state index contributed by atoms with van der Waals surface area (Å²) in [6.45, 7) is 1.72. The highest BCUT2D eigenvalue weighted by Gasteiger charge is 2.16. The molecule has 0 aliphatic rings. The van der Waals surface area contributed by atoms with Gasteiger partial charge >= 0.3 is 0 Å². The highest BCUT2D eigenvalue weighted by atomic mass is 32.1. The summed E-state index contributed by atoms with van der Waals surface area (Å²) in [7, 11) is 0. The molecule has 0 atom stereocenters. The largest absolute Gasteiger partial charge is 0.320 e. The van der Waals surface area contributed by atoms with Crippen LogP contribution in [-0.4, -0.2) is 12.5 Å². The number of anilines is 1. The number of nitrogens with one attached hydrogen (secondary N) is 1. The Bertz CT molecular complexity index is 744. The molecule has 0 unspecified atom stereocenters. The lowest BCUT2D eigenvalue weighted by atomic mass is 10.2. The first-order chi connectivity index (χ1) is 10.0. The normalized spacial score (nSPS) is 9.90. The third kappa shape index (κ3) is 3.45. The Labute approximate surface area is 124 Å². The van der Waals surface area contributed by atoms with Gasteiger partial charge in [-0.15, -0.1) is 11.3 Å². The number of carbonyl (C=O) groups excluding carboxylic acids is 1. The van der Waals surface area contributed by atoms with E-state index in [0.29, 0.717) is 9.75 Å². The zero-order valence-corrected chi connectivity index (χ0v) is 12.0. The Kier molecular flexibility index (Phi) is 4.68. The van der Waals surface area contributed by atoms with Gasteiger partial charge < -0.3 is 11.1 Å². The molecular weight excluding hydrogens is 294 g/mol. The highest BCUT2D eigenvalue weighted by molar-refractivity contribution is 7.14. The van der Waals surface area contributed by atoms with Gasteiger partial charge in [0.2, 0.25) is 0 Å². The van der Waals surface area contributed by atoms with Crippen molar-refractivity contribution in [2.24, 2.45) is 5.73 Å². The molecule has 0 radical (unpaired) electrons. The van der Waals surface area contributed by atoms with E-state index in [9.17, 15) is 13.6 Å². The number of hydrogen-bond donors (Lipinski definition) is 2. The standard InChI is InChI=1S/C15H12F2N2OS/c1-9-4-6-11(16)14(13(9)17)19-15(20)12-7-5-10(21-12)3-2-8-18/h4-7H,8,18H2,1H3,(H,19,20). The SMILES string of the molecule is Cc1ccc(F)c(NC(=O)c2ccc(C#CCN)s2)c1F. The van der Waals surface area contributed by atoms with Crippen LogP contribution in [-0.2, 0) is 0 Å². The van der Waals surface area contributed by atoms with Crippen molar-refractivity contribution >= 4 is 22.9 Å². The van der Waals surface area contributed by atoms with Crippen molar-refractivity contribution in [1.82, 2.24) is 0 Å². The molecule has 2 rings (SSSR count). The Hall–Kier alpha value is -2.23. The number of hydrogen-bond acceptors (Lipinski definition) is 3. The first-order valence-electron chi connectivity index (χ1n) is 6.07. The van der Waals surface area contributed by atoms with Crippen LogP contribution in [0.5, 0.6) is 0 Å². The number of carbonyl (C=O) groups is 1. The van der Waals surface area contributed by atoms with Gasteiger partial charge in [0, 0.05) is 0 Å². The van der Waals surface area contributed by atoms with Crippen molar-refractivity contribution in [2.75, 3.05) is 11.9 Å². The molecule has 0 aliphatic carbocycles. The number of nitrogens with two attached hydrogens (primary N) is 1. The van der Waals surface area contributed by atoms with Crippen molar-refractivity contribution < 1.29 is 13.6 Å². The first-order valence-corrected chi connectivity index (χ1v) is 6.89. The molecule has 0 spiro atoms. The fourth-order valence-corrected chi connectivity index (χ4v) is 2.39. The molecule has 0 saturated heterocycles. The molecule has 1 aromatic heterocycles. The van der Waals surface area contributed by atoms with Gasteiger partial charge in [-0.3, -0.25) is 4.79 Å². The zero-order chi connectivity index (χ0) is 15.4. The maximum Gasteiger partial charge on any atom is 0.265 e. The average Bonchev–Trinajstić information content (AvgIpc) is 2.94. The second kappa shape index (κ2) is 6.48. The zero-order valence-electron chi connectivity index (χ0n) is 11.2. The van der Waals surface area contributed by atoms with Crippen LogP contribution in [0.15, 0.2) is 24.3 Å². The van der Waals surface area contributed by atoms with Gasteiger partial charge in [-0.2, -0.15) is 0 Å². The van der Waals surface area contributed by atoms with Gasteiger partial charge in [-0.25, -0.2) is 8.78 Å². The van der Waals surface area contributed by atoms with Gasteiger partial charge in [0.15, 0.2) is 5.82 Å². The lowest BCUT2D eigenvalue weighted by Crippen LogP contribution is -2.13. The molecule has 1 heterocycles. The predicted molar refractivity (Wildman–Crippen MR) is 79.3 cm³/mol. The van der Waals surface area contributed by atoms with Crippen LogP contribution >= 0.6 is 11.3 Å². The van der Waals surface area contributed by atoms with Gasteiger partial charge in [0.05, 0.1) is 16.3 Å². The summed E-state index contributed by atoms with van der Waals surface area (Å²) in [6.07, 6.45) is 0. The maximum atomic E-state index is 13.8. The monoisotopic (exact) mass is 306 g/mol. The molecule has 3 N–H and O–H groups in total. The van der Waals surface area contributed by atoms with Crippen LogP contribution in [0.25, 0.3) is 0 Å². The van der Waals surface area contributed by atoms with E-state index in [1.54, 1.807) is 12.1 Å². The van der Waals surface area contributed by atoms with Gasteiger partial charge in [0.1, 0.15) is 11.5 Å². The number of amides is 1. The van der Waals surface area contributed by atoms with Crippen LogP contribution < -0.4 is 11.1 Å². The smallest absolute Gasteiger partial charge is 0.265 e. The lowest BCUT2D eigenvalue weighted by molar-refractivity contribution is 0.102. The minimum Gasteiger partial charge on any atom is -0.320 e. The number of rotatable bonds is 2. The molecule has 21 heavy (non-hydrogen) atoms. The fraction of sp³-hybridized carbons (Fsp3) is 0.133. The quantitative estimate of drug-likeness (QED) is 0.838. The first kappa shape index (κ1) is 15.2. The van der Waals surface area contributed by atoms with E-state index in [1.165, 1.54) is 13.0 Å². The highest BCUT2D eigenvalue weighted by Crippen LogP contribution is 2.23. The molecular formula is C15H12F2N2OS. The second-order valence-corrected chi connectivity index (χ2v) is 5.26. The van der Waals surface area contributed by atoms with Gasteiger partial charge in [-0.1, -0.05) is 17.9 Å². The molecule has 1 amide bonds. The molecule has 0 saturated carbocycles. The Morgan fingerprint density at radius 2 is 2.10 bits per heavy atom. The van der Waals surface area contributed by atoms with E-state index in [1.807, 2.05) is 0 Å². The molecule has 1 aromatic carbocycles. The van der Waals surface area contributed by atoms with Crippen LogP contribution in [0, 0.1) is 30.4 Å². The second-order valence-electron chi connectivity index (χ2n) is 4.18. The molecule has 0 bridgehead atoms. The predicted octanol–water partition coefficient (Wildman–Crippen LogP) is 2.90.